The SMILES string of the molecule is CS1(c2ccc(O)c(O)c2)C=CN=C1. The molecule has 1 aromatic rings. The Morgan fingerprint density at radius 3 is 2.57 bits per heavy atom. The average Bonchev–Trinajstić information content (AvgIpc) is 2.58. The van der Waals surface area contributed by atoms with Gasteiger partial charge in [-0.25, -0.2) is 0 Å². The predicted octanol–water partition coefficient (Wildman–Crippen LogP) is 2.40. The third kappa shape index (κ3) is 1.37. The molecule has 1 aliphatic heterocycles. The fraction of sp³-hybridized carbons (Fsp3) is 0.100. The van der Waals surface area contributed by atoms with Gasteiger partial charge in [-0.3, -0.25) is 4.99 Å². The molecular formula is C10H11NO2S. The Labute approximate surface area is 83.7 Å². The number of hydrogen-bond donors (Lipinski definition) is 2. The standard InChI is InChI=1S/C10H11NO2S/c1-14(5-4-11-7-14)8-2-3-9(12)10(13)6-8/h2-7,12-13H,1H3. The molecule has 1 aromatic carbocycles. The van der Waals surface area contributed by atoms with Crippen LogP contribution in [0.5, 0.6) is 11.5 Å². The maximum Gasteiger partial charge on any atom is 0.158 e. The molecule has 0 bridgehead atoms. The van der Waals surface area contributed by atoms with Crippen LogP contribution in [0, 0.1) is 0 Å². The zero-order valence-corrected chi connectivity index (χ0v) is 8.53. The summed E-state index contributed by atoms with van der Waals surface area (Å²) in [6.07, 6.45) is 3.84. The fourth-order valence-corrected chi connectivity index (χ4v) is 3.00. The maximum absolute atomic E-state index is 9.37. The zero-order valence-electron chi connectivity index (χ0n) is 7.71. The summed E-state index contributed by atoms with van der Waals surface area (Å²) >= 11 is 0. The predicted molar refractivity (Wildman–Crippen MR) is 59.2 cm³/mol. The Hall–Kier alpha value is -1.42. The van der Waals surface area contributed by atoms with E-state index in [0.29, 0.717) is 0 Å². The maximum atomic E-state index is 9.37. The Balaban J connectivity index is 2.47. The van der Waals surface area contributed by atoms with Crippen LogP contribution in [-0.4, -0.2) is 22.0 Å². The molecule has 1 heterocycles. The van der Waals surface area contributed by atoms with Gasteiger partial charge in [-0.1, -0.05) is 0 Å². The highest BCUT2D eigenvalue weighted by Gasteiger charge is 2.18. The van der Waals surface area contributed by atoms with Gasteiger partial charge in [0.05, 0.1) is 5.55 Å². The molecule has 1 unspecified atom stereocenters. The van der Waals surface area contributed by atoms with E-state index < -0.39 is 10.0 Å². The van der Waals surface area contributed by atoms with E-state index >= 15 is 0 Å². The van der Waals surface area contributed by atoms with Gasteiger partial charge in [-0.2, -0.15) is 10.0 Å². The van der Waals surface area contributed by atoms with Crippen molar-refractivity contribution in [2.24, 2.45) is 4.99 Å². The van der Waals surface area contributed by atoms with Gasteiger partial charge < -0.3 is 10.2 Å². The summed E-state index contributed by atoms with van der Waals surface area (Å²) in [5.41, 5.74) is 1.89. The van der Waals surface area contributed by atoms with E-state index in [1.807, 2.05) is 17.0 Å². The summed E-state index contributed by atoms with van der Waals surface area (Å²) in [7, 11) is -1.17. The first-order valence-corrected chi connectivity index (χ1v) is 6.29. The first kappa shape index (κ1) is 9.15. The lowest BCUT2D eigenvalue weighted by atomic mass is 10.3. The molecular weight excluding hydrogens is 198 g/mol. The van der Waals surface area contributed by atoms with Crippen LogP contribution in [-0.2, 0) is 0 Å². The van der Waals surface area contributed by atoms with Crippen LogP contribution < -0.4 is 0 Å². The number of benzene rings is 1. The zero-order chi connectivity index (χ0) is 10.2. The minimum absolute atomic E-state index is 0.0788. The van der Waals surface area contributed by atoms with E-state index in [0.717, 1.165) is 4.90 Å². The van der Waals surface area contributed by atoms with Gasteiger partial charge in [0, 0.05) is 11.1 Å². The Kier molecular flexibility index (Phi) is 2.00. The first-order valence-electron chi connectivity index (χ1n) is 4.12. The first-order chi connectivity index (χ1) is 6.62. The van der Waals surface area contributed by atoms with Gasteiger partial charge in [0.15, 0.2) is 11.5 Å². The van der Waals surface area contributed by atoms with Crippen LogP contribution in [0.25, 0.3) is 0 Å². The molecule has 0 radical (unpaired) electrons. The van der Waals surface area contributed by atoms with Crippen LogP contribution in [0.2, 0.25) is 0 Å². The molecule has 14 heavy (non-hydrogen) atoms. The molecule has 0 saturated heterocycles. The van der Waals surface area contributed by atoms with Crippen molar-refractivity contribution >= 4 is 15.6 Å². The minimum Gasteiger partial charge on any atom is -0.504 e. The molecule has 4 heteroatoms. The number of phenols is 2. The molecule has 0 amide bonds. The van der Waals surface area contributed by atoms with E-state index in [1.54, 1.807) is 12.3 Å². The highest BCUT2D eigenvalue weighted by atomic mass is 32.3. The summed E-state index contributed by atoms with van der Waals surface area (Å²) in [6.45, 7) is 0. The number of rotatable bonds is 1. The lowest BCUT2D eigenvalue weighted by molar-refractivity contribution is 0.402. The van der Waals surface area contributed by atoms with Crippen molar-refractivity contribution in [3.05, 3.63) is 29.8 Å². The van der Waals surface area contributed by atoms with Gasteiger partial charge in [-0.15, -0.1) is 0 Å². The summed E-state index contributed by atoms with van der Waals surface area (Å²) in [5, 5.41) is 20.6. The topological polar surface area (TPSA) is 52.8 Å². The van der Waals surface area contributed by atoms with Crippen LogP contribution in [0.3, 0.4) is 0 Å². The molecule has 0 spiro atoms. The molecule has 0 fully saturated rings. The molecule has 1 atom stereocenters. The Morgan fingerprint density at radius 2 is 2.00 bits per heavy atom. The van der Waals surface area contributed by atoms with Gasteiger partial charge in [0.2, 0.25) is 0 Å². The van der Waals surface area contributed by atoms with Crippen molar-refractivity contribution in [3.8, 4) is 11.5 Å². The van der Waals surface area contributed by atoms with E-state index in [-0.39, 0.29) is 11.5 Å². The van der Waals surface area contributed by atoms with E-state index in [2.05, 4.69) is 11.2 Å². The molecule has 74 valence electrons. The molecule has 2 N–H and O–H groups in total. The van der Waals surface area contributed by atoms with Crippen molar-refractivity contribution in [2.45, 2.75) is 4.90 Å². The molecule has 1 aliphatic rings. The molecule has 2 rings (SSSR count). The van der Waals surface area contributed by atoms with E-state index in [4.69, 9.17) is 0 Å². The summed E-state index contributed by atoms with van der Waals surface area (Å²) in [5.74, 6) is -0.166. The number of aromatic hydroxyl groups is 2. The lowest BCUT2D eigenvalue weighted by Gasteiger charge is -2.24. The highest BCUT2D eigenvalue weighted by Crippen LogP contribution is 2.55. The van der Waals surface area contributed by atoms with E-state index in [9.17, 15) is 10.2 Å². The van der Waals surface area contributed by atoms with Crippen molar-refractivity contribution in [1.29, 1.82) is 0 Å². The Bertz CT molecular complexity index is 414. The van der Waals surface area contributed by atoms with Crippen LogP contribution in [0.4, 0.5) is 0 Å². The third-order valence-electron chi connectivity index (χ3n) is 2.16. The summed E-state index contributed by atoms with van der Waals surface area (Å²) in [6, 6.07) is 4.90. The van der Waals surface area contributed by atoms with E-state index in [1.165, 1.54) is 6.07 Å². The van der Waals surface area contributed by atoms with Gasteiger partial charge in [0.25, 0.3) is 0 Å². The van der Waals surface area contributed by atoms with Gasteiger partial charge in [0.1, 0.15) is 0 Å². The second-order valence-electron chi connectivity index (χ2n) is 3.24. The van der Waals surface area contributed by atoms with Crippen molar-refractivity contribution in [3.63, 3.8) is 0 Å². The van der Waals surface area contributed by atoms with Crippen molar-refractivity contribution in [2.75, 3.05) is 6.26 Å². The van der Waals surface area contributed by atoms with Crippen molar-refractivity contribution in [1.82, 2.24) is 0 Å². The normalized spacial score (nSPS) is 28.9. The number of nitrogens with zero attached hydrogens (tertiary/aromatic N) is 1. The number of aliphatic imine (C=N–C) groups is 1. The smallest absolute Gasteiger partial charge is 0.158 e. The third-order valence-corrected chi connectivity index (χ3v) is 4.68. The second kappa shape index (κ2) is 3.06. The molecule has 0 aromatic heterocycles. The number of hydrogen-bond acceptors (Lipinski definition) is 3. The second-order valence-corrected chi connectivity index (χ2v) is 6.29. The van der Waals surface area contributed by atoms with Crippen molar-refractivity contribution < 1.29 is 10.2 Å². The quantitative estimate of drug-likeness (QED) is 0.698. The number of phenolic OH excluding ortho intramolecular Hbond substituents is 2. The Morgan fingerprint density at radius 1 is 1.21 bits per heavy atom. The fourth-order valence-electron chi connectivity index (χ4n) is 1.27. The molecule has 3 nitrogen and oxygen atoms in total. The summed E-state index contributed by atoms with van der Waals surface area (Å²) in [4.78, 5) is 5.04. The van der Waals surface area contributed by atoms with Crippen LogP contribution in [0.1, 0.15) is 0 Å². The van der Waals surface area contributed by atoms with Crippen LogP contribution >= 0.6 is 10.0 Å². The largest absolute Gasteiger partial charge is 0.504 e. The molecule has 0 aliphatic carbocycles. The van der Waals surface area contributed by atoms with Crippen LogP contribution in [0.15, 0.2) is 39.7 Å². The highest BCUT2D eigenvalue weighted by molar-refractivity contribution is 8.46. The van der Waals surface area contributed by atoms with Gasteiger partial charge >= 0.3 is 0 Å². The average molecular weight is 209 g/mol. The summed E-state index contributed by atoms with van der Waals surface area (Å²) < 4.78 is 0. The molecule has 0 saturated carbocycles. The monoisotopic (exact) mass is 209 g/mol. The minimum atomic E-state index is -1.17. The lowest BCUT2D eigenvalue weighted by Crippen LogP contribution is -1.92. The van der Waals surface area contributed by atoms with Gasteiger partial charge in [-0.05, 0) is 29.9 Å².